The molecule has 0 unspecified atom stereocenters. The zero-order chi connectivity index (χ0) is 14.7. The van der Waals surface area contributed by atoms with Crippen molar-refractivity contribution in [3.05, 3.63) is 64.0 Å². The van der Waals surface area contributed by atoms with Crippen LogP contribution in [0.3, 0.4) is 0 Å². The third-order valence-electron chi connectivity index (χ3n) is 2.38. The van der Waals surface area contributed by atoms with Crippen LogP contribution in [0.1, 0.15) is 10.4 Å². The molecule has 8 heteroatoms. The number of pyridine rings is 1. The van der Waals surface area contributed by atoms with Gasteiger partial charge in [-0.2, -0.15) is 4.39 Å². The number of hydrogen-bond acceptors (Lipinski definition) is 4. The number of halogens is 2. The second kappa shape index (κ2) is 5.39. The second-order valence-electron chi connectivity index (χ2n) is 3.74. The lowest BCUT2D eigenvalue weighted by Gasteiger charge is -2.06. The van der Waals surface area contributed by atoms with Crippen LogP contribution in [-0.2, 0) is 0 Å². The lowest BCUT2D eigenvalue weighted by molar-refractivity contribution is -0.387. The number of amides is 1. The maximum absolute atomic E-state index is 13.8. The van der Waals surface area contributed by atoms with Crippen LogP contribution in [-0.4, -0.2) is 15.8 Å². The summed E-state index contributed by atoms with van der Waals surface area (Å²) in [6, 6.07) is 4.01. The number of hydrogen-bond donors (Lipinski definition) is 1. The number of nitrogens with one attached hydrogen (secondary N) is 1. The van der Waals surface area contributed by atoms with E-state index in [0.29, 0.717) is 12.1 Å². The smallest absolute Gasteiger partial charge is 0.308 e. The molecular weight excluding hydrogens is 272 g/mol. The minimum absolute atomic E-state index is 0.254. The lowest BCUT2D eigenvalue weighted by Crippen LogP contribution is -2.15. The van der Waals surface area contributed by atoms with E-state index in [-0.39, 0.29) is 5.69 Å². The largest absolute Gasteiger partial charge is 0.320 e. The van der Waals surface area contributed by atoms with Crippen molar-refractivity contribution in [3.8, 4) is 0 Å². The second-order valence-corrected chi connectivity index (χ2v) is 3.74. The monoisotopic (exact) mass is 279 g/mol. The van der Waals surface area contributed by atoms with Gasteiger partial charge in [0.25, 0.3) is 5.91 Å². The highest BCUT2D eigenvalue weighted by Crippen LogP contribution is 2.23. The van der Waals surface area contributed by atoms with Gasteiger partial charge in [0.15, 0.2) is 0 Å². The van der Waals surface area contributed by atoms with Crippen LogP contribution in [0.25, 0.3) is 0 Å². The molecule has 0 saturated heterocycles. The Morgan fingerprint density at radius 2 is 2.10 bits per heavy atom. The normalized spacial score (nSPS) is 10.1. The van der Waals surface area contributed by atoms with Crippen molar-refractivity contribution >= 4 is 17.3 Å². The molecule has 0 bridgehead atoms. The minimum Gasteiger partial charge on any atom is -0.320 e. The standard InChI is InChI=1S/C12H7F2N3O3/c13-7-4-9(11(14)10(5-7)17(19)20)12(18)16-8-2-1-3-15-6-8/h1-6H,(H,16,18). The third-order valence-corrected chi connectivity index (χ3v) is 2.38. The third kappa shape index (κ3) is 2.74. The van der Waals surface area contributed by atoms with Crippen molar-refractivity contribution in [2.75, 3.05) is 5.32 Å². The Labute approximate surface area is 111 Å². The van der Waals surface area contributed by atoms with Crippen LogP contribution in [0.4, 0.5) is 20.2 Å². The van der Waals surface area contributed by atoms with Gasteiger partial charge in [-0.3, -0.25) is 19.9 Å². The van der Waals surface area contributed by atoms with E-state index in [4.69, 9.17) is 0 Å². The summed E-state index contributed by atoms with van der Waals surface area (Å²) in [5, 5.41) is 12.8. The van der Waals surface area contributed by atoms with Gasteiger partial charge in [-0.05, 0) is 18.2 Å². The van der Waals surface area contributed by atoms with E-state index in [9.17, 15) is 23.7 Å². The molecule has 6 nitrogen and oxygen atoms in total. The number of aromatic nitrogens is 1. The molecular formula is C12H7F2N3O3. The summed E-state index contributed by atoms with van der Waals surface area (Å²) in [4.78, 5) is 25.0. The van der Waals surface area contributed by atoms with E-state index in [1.165, 1.54) is 24.5 Å². The molecule has 20 heavy (non-hydrogen) atoms. The quantitative estimate of drug-likeness (QED) is 0.691. The molecule has 0 aliphatic rings. The Bertz CT molecular complexity index is 677. The van der Waals surface area contributed by atoms with Crippen molar-refractivity contribution in [2.24, 2.45) is 0 Å². The first kappa shape index (κ1) is 13.5. The van der Waals surface area contributed by atoms with E-state index in [0.717, 1.165) is 0 Å². The average molecular weight is 279 g/mol. The van der Waals surface area contributed by atoms with Gasteiger partial charge in [0.2, 0.25) is 5.82 Å². The summed E-state index contributed by atoms with van der Waals surface area (Å²) >= 11 is 0. The molecule has 1 aromatic heterocycles. The van der Waals surface area contributed by atoms with Crippen LogP contribution in [0.5, 0.6) is 0 Å². The summed E-state index contributed by atoms with van der Waals surface area (Å²) in [6.45, 7) is 0. The Hall–Kier alpha value is -2.90. The molecule has 1 aromatic carbocycles. The molecule has 0 fully saturated rings. The highest BCUT2D eigenvalue weighted by molar-refractivity contribution is 6.04. The van der Waals surface area contributed by atoms with E-state index < -0.39 is 33.7 Å². The Kier molecular flexibility index (Phi) is 3.65. The van der Waals surface area contributed by atoms with Crippen LogP contribution in [0, 0.1) is 21.7 Å². The number of rotatable bonds is 3. The Balaban J connectivity index is 2.37. The van der Waals surface area contributed by atoms with Crippen LogP contribution < -0.4 is 5.32 Å². The lowest BCUT2D eigenvalue weighted by atomic mass is 10.1. The van der Waals surface area contributed by atoms with Gasteiger partial charge in [-0.15, -0.1) is 0 Å². The minimum atomic E-state index is -1.39. The van der Waals surface area contributed by atoms with Crippen molar-refractivity contribution in [1.82, 2.24) is 4.98 Å². The fourth-order valence-corrected chi connectivity index (χ4v) is 1.51. The van der Waals surface area contributed by atoms with Gasteiger partial charge >= 0.3 is 5.69 Å². The van der Waals surface area contributed by atoms with Crippen molar-refractivity contribution in [1.29, 1.82) is 0 Å². The fourth-order valence-electron chi connectivity index (χ4n) is 1.51. The topological polar surface area (TPSA) is 85.1 Å². The maximum Gasteiger partial charge on any atom is 0.308 e. The van der Waals surface area contributed by atoms with Gasteiger partial charge in [0, 0.05) is 6.20 Å². The van der Waals surface area contributed by atoms with Gasteiger partial charge in [0.05, 0.1) is 28.4 Å². The van der Waals surface area contributed by atoms with Gasteiger partial charge in [-0.25, -0.2) is 4.39 Å². The van der Waals surface area contributed by atoms with Crippen molar-refractivity contribution in [3.63, 3.8) is 0 Å². The zero-order valence-corrected chi connectivity index (χ0v) is 9.84. The van der Waals surface area contributed by atoms with E-state index >= 15 is 0 Å². The van der Waals surface area contributed by atoms with Crippen molar-refractivity contribution < 1.29 is 18.5 Å². The summed E-state index contributed by atoms with van der Waals surface area (Å²) in [7, 11) is 0. The van der Waals surface area contributed by atoms with Crippen LogP contribution in [0.15, 0.2) is 36.7 Å². The molecule has 0 saturated carbocycles. The van der Waals surface area contributed by atoms with Crippen molar-refractivity contribution in [2.45, 2.75) is 0 Å². The molecule has 2 aromatic rings. The predicted octanol–water partition coefficient (Wildman–Crippen LogP) is 2.52. The van der Waals surface area contributed by atoms with Crippen LogP contribution in [0.2, 0.25) is 0 Å². The summed E-state index contributed by atoms with van der Waals surface area (Å²) < 4.78 is 27.0. The highest BCUT2D eigenvalue weighted by Gasteiger charge is 2.24. The van der Waals surface area contributed by atoms with E-state index in [1.807, 2.05) is 0 Å². The van der Waals surface area contributed by atoms with Gasteiger partial charge in [0.1, 0.15) is 5.82 Å². The Morgan fingerprint density at radius 1 is 1.35 bits per heavy atom. The van der Waals surface area contributed by atoms with E-state index in [2.05, 4.69) is 10.3 Å². The summed E-state index contributed by atoms with van der Waals surface area (Å²) in [6.07, 6.45) is 2.76. The highest BCUT2D eigenvalue weighted by atomic mass is 19.1. The number of benzene rings is 1. The van der Waals surface area contributed by atoms with Gasteiger partial charge in [-0.1, -0.05) is 0 Å². The molecule has 1 amide bonds. The van der Waals surface area contributed by atoms with Gasteiger partial charge < -0.3 is 5.32 Å². The van der Waals surface area contributed by atoms with E-state index in [1.54, 1.807) is 0 Å². The first-order valence-electron chi connectivity index (χ1n) is 5.34. The Morgan fingerprint density at radius 3 is 2.70 bits per heavy atom. The number of nitro groups is 1. The summed E-state index contributed by atoms with van der Waals surface area (Å²) in [5.41, 5.74) is -1.59. The molecule has 0 aliphatic heterocycles. The van der Waals surface area contributed by atoms with Crippen LogP contribution >= 0.6 is 0 Å². The molecule has 102 valence electrons. The molecule has 0 atom stereocenters. The average Bonchev–Trinajstić information content (AvgIpc) is 2.41. The summed E-state index contributed by atoms with van der Waals surface area (Å²) in [5.74, 6) is -3.47. The molecule has 0 spiro atoms. The number of nitrogens with zero attached hydrogens (tertiary/aromatic N) is 2. The molecule has 2 rings (SSSR count). The fraction of sp³-hybridized carbons (Fsp3) is 0. The zero-order valence-electron chi connectivity index (χ0n) is 9.84. The SMILES string of the molecule is O=C(Nc1cccnc1)c1cc(F)cc([N+](=O)[O-])c1F. The molecule has 0 aliphatic carbocycles. The molecule has 1 heterocycles. The predicted molar refractivity (Wildman–Crippen MR) is 65.2 cm³/mol. The number of carbonyl (C=O) groups excluding carboxylic acids is 1. The first-order valence-corrected chi connectivity index (χ1v) is 5.34. The molecule has 1 N–H and O–H groups in total. The number of carbonyl (C=O) groups is 1. The maximum atomic E-state index is 13.8. The first-order chi connectivity index (χ1) is 9.49. The number of nitro benzene ring substituents is 1. The number of anilines is 1. The molecule has 0 radical (unpaired) electrons.